The Bertz CT molecular complexity index is 507. The van der Waals surface area contributed by atoms with Gasteiger partial charge in [0.1, 0.15) is 11.5 Å². The van der Waals surface area contributed by atoms with Gasteiger partial charge in [0.2, 0.25) is 10.0 Å². The van der Waals surface area contributed by atoms with Crippen LogP contribution in [0.1, 0.15) is 6.92 Å². The summed E-state index contributed by atoms with van der Waals surface area (Å²) >= 11 is 0. The predicted molar refractivity (Wildman–Crippen MR) is 72.8 cm³/mol. The first-order chi connectivity index (χ1) is 9.95. The molecule has 0 amide bonds. The van der Waals surface area contributed by atoms with Crippen LogP contribution in [-0.2, 0) is 21.3 Å². The highest BCUT2D eigenvalue weighted by molar-refractivity contribution is 7.89. The number of likely N-dealkylation sites (N-methyl/N-ethyl adjacent to an activating group) is 1. The van der Waals surface area contributed by atoms with E-state index < -0.39 is 23.1 Å². The summed E-state index contributed by atoms with van der Waals surface area (Å²) in [6.07, 6.45) is 0.102. The van der Waals surface area contributed by atoms with Crippen LogP contribution in [0.25, 0.3) is 0 Å². The summed E-state index contributed by atoms with van der Waals surface area (Å²) in [5, 5.41) is 7.05. The van der Waals surface area contributed by atoms with Gasteiger partial charge < -0.3 is 10.1 Å². The smallest absolute Gasteiger partial charge is 0.261 e. The molecule has 0 fully saturated rings. The summed E-state index contributed by atoms with van der Waals surface area (Å²) in [7, 11) is -3.69. The van der Waals surface area contributed by atoms with E-state index >= 15 is 0 Å². The van der Waals surface area contributed by atoms with Crippen molar-refractivity contribution in [2.75, 3.05) is 32.8 Å². The Morgan fingerprint density at radius 2 is 2.19 bits per heavy atom. The van der Waals surface area contributed by atoms with Crippen LogP contribution in [0.5, 0.6) is 0 Å². The van der Waals surface area contributed by atoms with E-state index in [2.05, 4.69) is 19.9 Å². The molecule has 21 heavy (non-hydrogen) atoms. The van der Waals surface area contributed by atoms with E-state index in [1.54, 1.807) is 0 Å². The van der Waals surface area contributed by atoms with Crippen LogP contribution >= 0.6 is 0 Å². The van der Waals surface area contributed by atoms with Gasteiger partial charge in [-0.05, 0) is 6.54 Å². The molecule has 0 bridgehead atoms. The van der Waals surface area contributed by atoms with Gasteiger partial charge in [-0.3, -0.25) is 4.68 Å². The van der Waals surface area contributed by atoms with Gasteiger partial charge in [0.15, 0.2) is 0 Å². The Morgan fingerprint density at radius 1 is 1.43 bits per heavy atom. The monoisotopic (exact) mass is 326 g/mol. The quantitative estimate of drug-likeness (QED) is 0.562. The van der Waals surface area contributed by atoms with Crippen LogP contribution in [0.3, 0.4) is 0 Å². The maximum absolute atomic E-state index is 11.9. The summed E-state index contributed by atoms with van der Waals surface area (Å²) in [5.74, 6) is 0. The van der Waals surface area contributed by atoms with Crippen LogP contribution in [-0.4, -0.2) is 57.5 Å². The fourth-order valence-corrected chi connectivity index (χ4v) is 2.45. The number of alkyl halides is 2. The summed E-state index contributed by atoms with van der Waals surface area (Å²) in [5.41, 5.74) is 0. The van der Waals surface area contributed by atoms with E-state index in [0.29, 0.717) is 13.1 Å². The highest BCUT2D eigenvalue weighted by atomic mass is 32.2. The lowest BCUT2D eigenvalue weighted by molar-refractivity contribution is 0.0199. The van der Waals surface area contributed by atoms with Gasteiger partial charge in [-0.2, -0.15) is 5.10 Å². The van der Waals surface area contributed by atoms with Crippen molar-refractivity contribution in [3.8, 4) is 0 Å². The normalized spacial score (nSPS) is 12.2. The molecule has 0 unspecified atom stereocenters. The number of hydrogen-bond acceptors (Lipinski definition) is 5. The van der Waals surface area contributed by atoms with Crippen molar-refractivity contribution >= 4 is 10.0 Å². The average molecular weight is 326 g/mol. The van der Waals surface area contributed by atoms with Gasteiger partial charge in [0, 0.05) is 19.3 Å². The molecule has 1 aromatic rings. The standard InChI is InChI=1S/C11H20F2N4O3S/c1-2-14-3-5-17-8-10(7-15-17)21(18,19)16-4-6-20-9-11(12)13/h7-8,11,14,16H,2-6,9H2,1H3. The molecule has 0 aliphatic rings. The Hall–Kier alpha value is -1.10. The van der Waals surface area contributed by atoms with Crippen molar-refractivity contribution < 1.29 is 21.9 Å². The molecule has 0 aromatic carbocycles. The van der Waals surface area contributed by atoms with Gasteiger partial charge in [-0.25, -0.2) is 21.9 Å². The minimum absolute atomic E-state index is 0.0351. The first-order valence-electron chi connectivity index (χ1n) is 6.54. The molecule has 0 saturated heterocycles. The topological polar surface area (TPSA) is 85.2 Å². The summed E-state index contributed by atoms with van der Waals surface area (Å²) in [4.78, 5) is 0.0351. The highest BCUT2D eigenvalue weighted by Crippen LogP contribution is 2.06. The van der Waals surface area contributed by atoms with Gasteiger partial charge in [0.05, 0.1) is 19.3 Å². The average Bonchev–Trinajstić information content (AvgIpc) is 2.88. The molecule has 1 heterocycles. The molecule has 1 rings (SSSR count). The largest absolute Gasteiger partial charge is 0.374 e. The van der Waals surface area contributed by atoms with Crippen LogP contribution in [0.15, 0.2) is 17.3 Å². The maximum Gasteiger partial charge on any atom is 0.261 e. The van der Waals surface area contributed by atoms with Gasteiger partial charge in [-0.15, -0.1) is 0 Å². The lowest BCUT2D eigenvalue weighted by Gasteiger charge is -2.05. The van der Waals surface area contributed by atoms with E-state index in [4.69, 9.17) is 0 Å². The third-order valence-corrected chi connectivity index (χ3v) is 3.89. The summed E-state index contributed by atoms with van der Waals surface area (Å²) in [6.45, 7) is 3.15. The van der Waals surface area contributed by atoms with Crippen molar-refractivity contribution in [2.45, 2.75) is 24.8 Å². The number of halogens is 2. The molecule has 2 N–H and O–H groups in total. The predicted octanol–water partition coefficient (Wildman–Crippen LogP) is 0.0526. The fraction of sp³-hybridized carbons (Fsp3) is 0.727. The molecule has 122 valence electrons. The molecule has 0 aliphatic carbocycles. The number of nitrogens with zero attached hydrogens (tertiary/aromatic N) is 2. The lowest BCUT2D eigenvalue weighted by atomic mass is 10.6. The van der Waals surface area contributed by atoms with Crippen molar-refractivity contribution in [3.63, 3.8) is 0 Å². The molecule has 0 radical (unpaired) electrons. The Labute approximate surface area is 122 Å². The number of rotatable bonds is 11. The van der Waals surface area contributed by atoms with E-state index in [1.807, 2.05) is 6.92 Å². The molecule has 7 nitrogen and oxygen atoms in total. The molecular weight excluding hydrogens is 306 g/mol. The summed E-state index contributed by atoms with van der Waals surface area (Å²) in [6, 6.07) is 0. The molecule has 0 aliphatic heterocycles. The van der Waals surface area contributed by atoms with E-state index in [-0.39, 0.29) is 18.0 Å². The zero-order valence-corrected chi connectivity index (χ0v) is 12.6. The Morgan fingerprint density at radius 3 is 2.86 bits per heavy atom. The van der Waals surface area contributed by atoms with Crippen LogP contribution in [0, 0.1) is 0 Å². The SMILES string of the molecule is CCNCCn1cc(S(=O)(=O)NCCOCC(F)F)cn1. The van der Waals surface area contributed by atoms with Crippen molar-refractivity contribution in [1.29, 1.82) is 0 Å². The third kappa shape index (κ3) is 6.93. The third-order valence-electron chi connectivity index (χ3n) is 2.47. The Kier molecular flexibility index (Phi) is 7.72. The minimum atomic E-state index is -3.69. The Balaban J connectivity index is 2.39. The van der Waals surface area contributed by atoms with E-state index in [9.17, 15) is 17.2 Å². The first-order valence-corrected chi connectivity index (χ1v) is 8.02. The second kappa shape index (κ2) is 9.03. The number of aromatic nitrogens is 2. The molecular formula is C11H20F2N4O3S. The second-order valence-electron chi connectivity index (χ2n) is 4.16. The van der Waals surface area contributed by atoms with Crippen LogP contribution in [0.2, 0.25) is 0 Å². The molecule has 10 heteroatoms. The van der Waals surface area contributed by atoms with E-state index in [0.717, 1.165) is 6.54 Å². The second-order valence-corrected chi connectivity index (χ2v) is 5.92. The molecule has 1 aromatic heterocycles. The lowest BCUT2D eigenvalue weighted by Crippen LogP contribution is -2.27. The number of nitrogens with one attached hydrogen (secondary N) is 2. The van der Waals surface area contributed by atoms with E-state index in [1.165, 1.54) is 17.1 Å². The zero-order valence-electron chi connectivity index (χ0n) is 11.8. The van der Waals surface area contributed by atoms with Crippen LogP contribution < -0.4 is 10.0 Å². The fourth-order valence-electron chi connectivity index (χ4n) is 1.48. The van der Waals surface area contributed by atoms with Crippen molar-refractivity contribution in [1.82, 2.24) is 19.8 Å². The molecule has 0 spiro atoms. The first kappa shape index (κ1) is 18.0. The van der Waals surface area contributed by atoms with Gasteiger partial charge in [0.25, 0.3) is 6.43 Å². The maximum atomic E-state index is 11.9. The number of ether oxygens (including phenoxy) is 1. The molecule has 0 atom stereocenters. The zero-order chi connectivity index (χ0) is 15.7. The van der Waals surface area contributed by atoms with Crippen molar-refractivity contribution in [3.05, 3.63) is 12.4 Å². The highest BCUT2D eigenvalue weighted by Gasteiger charge is 2.15. The minimum Gasteiger partial charge on any atom is -0.374 e. The molecule has 0 saturated carbocycles. The number of sulfonamides is 1. The van der Waals surface area contributed by atoms with Crippen LogP contribution in [0.4, 0.5) is 8.78 Å². The number of hydrogen-bond donors (Lipinski definition) is 2. The van der Waals surface area contributed by atoms with Gasteiger partial charge in [-0.1, -0.05) is 6.92 Å². The summed E-state index contributed by atoms with van der Waals surface area (Å²) < 4.78 is 55.8. The van der Waals surface area contributed by atoms with Crippen molar-refractivity contribution in [2.24, 2.45) is 0 Å². The van der Waals surface area contributed by atoms with Gasteiger partial charge >= 0.3 is 0 Å².